The van der Waals surface area contributed by atoms with E-state index in [1.807, 2.05) is 18.2 Å². The molecule has 1 aliphatic rings. The molecule has 1 saturated heterocycles. The van der Waals surface area contributed by atoms with Crippen LogP contribution in [0.25, 0.3) is 0 Å². The number of nitro groups is 1. The molecule has 0 bridgehead atoms. The highest BCUT2D eigenvalue weighted by molar-refractivity contribution is 6.31. The molecule has 0 aromatic heterocycles. The second kappa shape index (κ2) is 7.01. The monoisotopic (exact) mass is 344 g/mol. The van der Waals surface area contributed by atoms with Crippen LogP contribution >= 0.6 is 11.6 Å². The molecule has 0 unspecified atom stereocenters. The number of piperidine rings is 1. The van der Waals surface area contributed by atoms with Crippen LogP contribution in [-0.2, 0) is 0 Å². The van der Waals surface area contributed by atoms with Gasteiger partial charge in [0.25, 0.3) is 11.6 Å². The van der Waals surface area contributed by atoms with Crippen LogP contribution in [0.15, 0.2) is 48.5 Å². The molecule has 2 aromatic carbocycles. The van der Waals surface area contributed by atoms with E-state index < -0.39 is 4.92 Å². The highest BCUT2D eigenvalue weighted by Gasteiger charge is 2.28. The van der Waals surface area contributed by atoms with E-state index in [9.17, 15) is 14.9 Å². The smallest absolute Gasteiger partial charge is 0.282 e. The maximum absolute atomic E-state index is 12.7. The summed E-state index contributed by atoms with van der Waals surface area (Å²) in [5.74, 6) is 0.0975. The average Bonchev–Trinajstić information content (AvgIpc) is 2.61. The molecule has 1 fully saturated rings. The van der Waals surface area contributed by atoms with Gasteiger partial charge >= 0.3 is 0 Å². The molecule has 24 heavy (non-hydrogen) atoms. The number of halogens is 1. The van der Waals surface area contributed by atoms with E-state index in [0.717, 1.165) is 12.8 Å². The van der Waals surface area contributed by atoms with Crippen molar-refractivity contribution >= 4 is 23.2 Å². The Hall–Kier alpha value is -2.40. The van der Waals surface area contributed by atoms with Crippen molar-refractivity contribution in [2.24, 2.45) is 0 Å². The van der Waals surface area contributed by atoms with Crippen LogP contribution in [-0.4, -0.2) is 28.8 Å². The molecule has 3 rings (SSSR count). The minimum atomic E-state index is -0.541. The predicted molar refractivity (Wildman–Crippen MR) is 92.4 cm³/mol. The van der Waals surface area contributed by atoms with Crippen LogP contribution in [0, 0.1) is 10.1 Å². The third-order valence-electron chi connectivity index (χ3n) is 4.44. The quantitative estimate of drug-likeness (QED) is 0.617. The van der Waals surface area contributed by atoms with Gasteiger partial charge in [0, 0.05) is 24.2 Å². The van der Waals surface area contributed by atoms with Gasteiger partial charge in [-0.25, -0.2) is 0 Å². The highest BCUT2D eigenvalue weighted by atomic mass is 35.5. The van der Waals surface area contributed by atoms with Crippen molar-refractivity contribution in [3.05, 3.63) is 74.8 Å². The van der Waals surface area contributed by atoms with Crippen molar-refractivity contribution in [1.29, 1.82) is 0 Å². The van der Waals surface area contributed by atoms with Crippen molar-refractivity contribution in [1.82, 2.24) is 4.90 Å². The van der Waals surface area contributed by atoms with Crippen LogP contribution in [0.3, 0.4) is 0 Å². The van der Waals surface area contributed by atoms with Crippen molar-refractivity contribution in [3.8, 4) is 0 Å². The summed E-state index contributed by atoms with van der Waals surface area (Å²) in [6.07, 6.45) is 1.70. The lowest BCUT2D eigenvalue weighted by atomic mass is 9.89. The van der Waals surface area contributed by atoms with Gasteiger partial charge in [-0.15, -0.1) is 0 Å². The number of carbonyl (C=O) groups excluding carboxylic acids is 1. The van der Waals surface area contributed by atoms with Crippen LogP contribution < -0.4 is 0 Å². The third kappa shape index (κ3) is 3.41. The Morgan fingerprint density at radius 3 is 2.42 bits per heavy atom. The maximum atomic E-state index is 12.7. The minimum Gasteiger partial charge on any atom is -0.338 e. The van der Waals surface area contributed by atoms with Gasteiger partial charge in [0.1, 0.15) is 5.56 Å². The average molecular weight is 345 g/mol. The molecule has 5 nitrogen and oxygen atoms in total. The summed E-state index contributed by atoms with van der Waals surface area (Å²) in [5.41, 5.74) is 1.14. The summed E-state index contributed by atoms with van der Waals surface area (Å²) >= 11 is 5.91. The molecule has 124 valence electrons. The first-order chi connectivity index (χ1) is 11.6. The molecule has 1 amide bonds. The topological polar surface area (TPSA) is 63.4 Å². The Morgan fingerprint density at radius 2 is 1.79 bits per heavy atom. The first-order valence-corrected chi connectivity index (χ1v) is 8.22. The number of hydrogen-bond donors (Lipinski definition) is 0. The van der Waals surface area contributed by atoms with E-state index in [1.54, 1.807) is 4.90 Å². The number of likely N-dealkylation sites (tertiary alicyclic amines) is 1. The Morgan fingerprint density at radius 1 is 1.12 bits per heavy atom. The molecule has 1 aliphatic heterocycles. The van der Waals surface area contributed by atoms with Gasteiger partial charge in [-0.2, -0.15) is 0 Å². The summed E-state index contributed by atoms with van der Waals surface area (Å²) in [6, 6.07) is 14.3. The van der Waals surface area contributed by atoms with E-state index in [1.165, 1.54) is 23.8 Å². The predicted octanol–water partition coefficient (Wildman–Crippen LogP) is 4.27. The SMILES string of the molecule is O=C(c1cc(Cl)ccc1[N+](=O)[O-])N1CCC(c2ccccc2)CC1. The molecule has 1 heterocycles. The zero-order valence-corrected chi connectivity index (χ0v) is 13.8. The van der Waals surface area contributed by atoms with Gasteiger partial charge in [-0.3, -0.25) is 14.9 Å². The molecular formula is C18H17ClN2O3. The fourth-order valence-electron chi connectivity index (χ4n) is 3.15. The number of rotatable bonds is 3. The van der Waals surface area contributed by atoms with Gasteiger partial charge in [-0.1, -0.05) is 41.9 Å². The molecule has 0 radical (unpaired) electrons. The number of amides is 1. The summed E-state index contributed by atoms with van der Waals surface area (Å²) in [7, 11) is 0. The highest BCUT2D eigenvalue weighted by Crippen LogP contribution is 2.30. The van der Waals surface area contributed by atoms with Crippen LogP contribution in [0.2, 0.25) is 5.02 Å². The van der Waals surface area contributed by atoms with E-state index in [4.69, 9.17) is 11.6 Å². The Balaban J connectivity index is 1.74. The van der Waals surface area contributed by atoms with Crippen LogP contribution in [0.4, 0.5) is 5.69 Å². The van der Waals surface area contributed by atoms with E-state index in [-0.39, 0.29) is 17.2 Å². The van der Waals surface area contributed by atoms with Crippen molar-refractivity contribution in [2.45, 2.75) is 18.8 Å². The zero-order chi connectivity index (χ0) is 17.1. The molecule has 0 atom stereocenters. The van der Waals surface area contributed by atoms with Gasteiger partial charge in [0.2, 0.25) is 0 Å². The maximum Gasteiger partial charge on any atom is 0.282 e. The summed E-state index contributed by atoms with van der Waals surface area (Å²) in [6.45, 7) is 1.17. The summed E-state index contributed by atoms with van der Waals surface area (Å²) < 4.78 is 0. The van der Waals surface area contributed by atoms with E-state index >= 15 is 0 Å². The number of benzene rings is 2. The van der Waals surface area contributed by atoms with E-state index in [2.05, 4.69) is 12.1 Å². The second-order valence-electron chi connectivity index (χ2n) is 5.90. The van der Waals surface area contributed by atoms with E-state index in [0.29, 0.717) is 24.0 Å². The molecule has 6 heteroatoms. The van der Waals surface area contributed by atoms with Crippen molar-refractivity contribution in [3.63, 3.8) is 0 Å². The van der Waals surface area contributed by atoms with Gasteiger partial charge in [0.15, 0.2) is 0 Å². The number of nitro benzene ring substituents is 1. The molecular weight excluding hydrogens is 328 g/mol. The lowest BCUT2D eigenvalue weighted by Gasteiger charge is -2.32. The Kier molecular flexibility index (Phi) is 4.81. The molecule has 0 spiro atoms. The van der Waals surface area contributed by atoms with Crippen LogP contribution in [0.1, 0.15) is 34.7 Å². The Bertz CT molecular complexity index is 756. The first kappa shape index (κ1) is 16.5. The van der Waals surface area contributed by atoms with Gasteiger partial charge in [-0.05, 0) is 36.5 Å². The zero-order valence-electron chi connectivity index (χ0n) is 13.0. The minimum absolute atomic E-state index is 0.0608. The summed E-state index contributed by atoms with van der Waals surface area (Å²) in [5, 5.41) is 11.5. The van der Waals surface area contributed by atoms with Crippen molar-refractivity contribution < 1.29 is 9.72 Å². The largest absolute Gasteiger partial charge is 0.338 e. The lowest BCUT2D eigenvalue weighted by Crippen LogP contribution is -2.38. The molecule has 0 saturated carbocycles. The first-order valence-electron chi connectivity index (χ1n) is 7.84. The molecule has 2 aromatic rings. The Labute approximate surface area is 145 Å². The fourth-order valence-corrected chi connectivity index (χ4v) is 3.32. The van der Waals surface area contributed by atoms with Gasteiger partial charge in [0.05, 0.1) is 4.92 Å². The van der Waals surface area contributed by atoms with Gasteiger partial charge < -0.3 is 4.90 Å². The standard InChI is InChI=1S/C18H17ClN2O3/c19-15-6-7-17(21(23)24)16(12-15)18(22)20-10-8-14(9-11-20)13-4-2-1-3-5-13/h1-7,12,14H,8-11H2. The number of hydrogen-bond acceptors (Lipinski definition) is 3. The third-order valence-corrected chi connectivity index (χ3v) is 4.67. The number of nitrogens with zero attached hydrogens (tertiary/aromatic N) is 2. The van der Waals surface area contributed by atoms with Crippen molar-refractivity contribution in [2.75, 3.05) is 13.1 Å². The molecule has 0 N–H and O–H groups in total. The normalized spacial score (nSPS) is 15.3. The second-order valence-corrected chi connectivity index (χ2v) is 6.33. The molecule has 0 aliphatic carbocycles. The number of carbonyl (C=O) groups is 1. The van der Waals surface area contributed by atoms with Crippen LogP contribution in [0.5, 0.6) is 0 Å². The summed E-state index contributed by atoms with van der Waals surface area (Å²) in [4.78, 5) is 25.0. The fraction of sp³-hybridized carbons (Fsp3) is 0.278. The lowest BCUT2D eigenvalue weighted by molar-refractivity contribution is -0.385.